The van der Waals surface area contributed by atoms with Crippen LogP contribution in [-0.4, -0.2) is 40.9 Å². The van der Waals surface area contributed by atoms with E-state index >= 15 is 0 Å². The second-order valence-corrected chi connectivity index (χ2v) is 6.01. The van der Waals surface area contributed by atoms with Gasteiger partial charge in [-0.2, -0.15) is 9.61 Å². The number of benzene rings is 1. The number of ether oxygens (including phenoxy) is 1. The molecule has 1 atom stereocenters. The number of methoxy groups -OCH3 is 1. The van der Waals surface area contributed by atoms with Gasteiger partial charge in [-0.3, -0.25) is 0 Å². The summed E-state index contributed by atoms with van der Waals surface area (Å²) in [6.07, 6.45) is 1.33. The van der Waals surface area contributed by atoms with E-state index in [0.29, 0.717) is 0 Å². The Morgan fingerprint density at radius 2 is 2.00 bits per heavy atom. The minimum Gasteiger partial charge on any atom is -0.380 e. The van der Waals surface area contributed by atoms with E-state index in [1.165, 1.54) is 0 Å². The van der Waals surface area contributed by atoms with E-state index in [1.54, 1.807) is 7.11 Å². The summed E-state index contributed by atoms with van der Waals surface area (Å²) >= 11 is 0. The topological polar surface area (TPSA) is 42.7 Å². The Morgan fingerprint density at radius 1 is 1.17 bits per heavy atom. The van der Waals surface area contributed by atoms with Crippen molar-refractivity contribution in [1.29, 1.82) is 0 Å². The third-order valence-corrected chi connectivity index (χ3v) is 4.40. The van der Waals surface area contributed by atoms with Crippen LogP contribution in [0.5, 0.6) is 0 Å². The highest BCUT2D eigenvalue weighted by atomic mass is 16.5. The zero-order valence-corrected chi connectivity index (χ0v) is 13.4. The minimum atomic E-state index is 0.287. The van der Waals surface area contributed by atoms with Crippen LogP contribution in [0.2, 0.25) is 0 Å². The molecule has 1 fully saturated rings. The Kier molecular flexibility index (Phi) is 3.50. The summed E-state index contributed by atoms with van der Waals surface area (Å²) < 4.78 is 7.45. The van der Waals surface area contributed by atoms with Gasteiger partial charge in [0.15, 0.2) is 5.65 Å². The molecular formula is C18H20N4O. The lowest BCUT2D eigenvalue weighted by molar-refractivity contribution is 0.121. The van der Waals surface area contributed by atoms with Crippen LogP contribution >= 0.6 is 0 Å². The SMILES string of the molecule is CO[C@@H]1CCN(c2cc(-c3ccccc3)nc3cc(C)nn23)C1. The van der Waals surface area contributed by atoms with Crippen LogP contribution in [-0.2, 0) is 4.74 Å². The molecule has 23 heavy (non-hydrogen) atoms. The maximum atomic E-state index is 5.51. The third-order valence-electron chi connectivity index (χ3n) is 4.40. The number of anilines is 1. The van der Waals surface area contributed by atoms with Gasteiger partial charge in [0.2, 0.25) is 0 Å². The molecule has 1 aliphatic rings. The fourth-order valence-electron chi connectivity index (χ4n) is 3.18. The first-order valence-corrected chi connectivity index (χ1v) is 7.95. The van der Waals surface area contributed by atoms with E-state index in [1.807, 2.05) is 35.7 Å². The van der Waals surface area contributed by atoms with Gasteiger partial charge in [0, 0.05) is 37.9 Å². The van der Waals surface area contributed by atoms with Crippen LogP contribution < -0.4 is 4.90 Å². The zero-order chi connectivity index (χ0) is 15.8. The molecule has 1 aromatic carbocycles. The van der Waals surface area contributed by atoms with Crippen molar-refractivity contribution in [2.45, 2.75) is 19.4 Å². The van der Waals surface area contributed by atoms with Crippen LogP contribution in [0.4, 0.5) is 5.82 Å². The average molecular weight is 308 g/mol. The van der Waals surface area contributed by atoms with E-state index < -0.39 is 0 Å². The number of aromatic nitrogens is 3. The summed E-state index contributed by atoms with van der Waals surface area (Å²) in [5.41, 5.74) is 3.97. The molecule has 0 amide bonds. The maximum Gasteiger partial charge on any atom is 0.158 e. The molecule has 1 saturated heterocycles. The van der Waals surface area contributed by atoms with Gasteiger partial charge in [-0.05, 0) is 13.3 Å². The molecular weight excluding hydrogens is 288 g/mol. The Morgan fingerprint density at radius 3 is 2.74 bits per heavy atom. The first-order valence-electron chi connectivity index (χ1n) is 7.95. The first kappa shape index (κ1) is 14.2. The predicted molar refractivity (Wildman–Crippen MR) is 90.8 cm³/mol. The molecule has 0 radical (unpaired) electrons. The highest BCUT2D eigenvalue weighted by Gasteiger charge is 2.25. The molecule has 5 nitrogen and oxygen atoms in total. The van der Waals surface area contributed by atoms with Gasteiger partial charge in [0.1, 0.15) is 5.82 Å². The Balaban J connectivity index is 1.84. The Bertz CT molecular complexity index is 828. The average Bonchev–Trinajstić information content (AvgIpc) is 3.20. The number of hydrogen-bond donors (Lipinski definition) is 0. The minimum absolute atomic E-state index is 0.287. The van der Waals surface area contributed by atoms with Gasteiger partial charge >= 0.3 is 0 Å². The molecule has 3 aromatic rings. The van der Waals surface area contributed by atoms with Gasteiger partial charge in [0.25, 0.3) is 0 Å². The van der Waals surface area contributed by atoms with E-state index in [2.05, 4.69) is 28.2 Å². The molecule has 4 rings (SSSR count). The molecule has 1 aliphatic heterocycles. The number of aryl methyl sites for hydroxylation is 1. The number of rotatable bonds is 3. The predicted octanol–water partition coefficient (Wildman–Crippen LogP) is 2.93. The summed E-state index contributed by atoms with van der Waals surface area (Å²) in [5.74, 6) is 1.08. The lowest BCUT2D eigenvalue weighted by Gasteiger charge is -2.20. The van der Waals surface area contributed by atoms with Gasteiger partial charge in [-0.1, -0.05) is 30.3 Å². The molecule has 0 bridgehead atoms. The molecule has 2 aromatic heterocycles. The summed E-state index contributed by atoms with van der Waals surface area (Å²) in [5, 5.41) is 4.62. The van der Waals surface area contributed by atoms with Crippen LogP contribution in [0.3, 0.4) is 0 Å². The van der Waals surface area contributed by atoms with Gasteiger partial charge in [0.05, 0.1) is 17.5 Å². The van der Waals surface area contributed by atoms with Crippen molar-refractivity contribution in [3.63, 3.8) is 0 Å². The molecule has 5 heteroatoms. The van der Waals surface area contributed by atoms with Crippen molar-refractivity contribution in [3.8, 4) is 11.3 Å². The second kappa shape index (κ2) is 5.66. The lowest BCUT2D eigenvalue weighted by atomic mass is 10.1. The van der Waals surface area contributed by atoms with Crippen molar-refractivity contribution in [2.75, 3.05) is 25.1 Å². The number of nitrogens with zero attached hydrogens (tertiary/aromatic N) is 4. The zero-order valence-electron chi connectivity index (χ0n) is 13.4. The Hall–Kier alpha value is -2.40. The van der Waals surface area contributed by atoms with Gasteiger partial charge < -0.3 is 9.64 Å². The van der Waals surface area contributed by atoms with E-state index in [0.717, 1.165) is 47.9 Å². The Labute approximate surface area is 135 Å². The summed E-state index contributed by atoms with van der Waals surface area (Å²) in [6, 6.07) is 14.4. The summed E-state index contributed by atoms with van der Waals surface area (Å²) in [7, 11) is 1.78. The van der Waals surface area contributed by atoms with E-state index in [4.69, 9.17) is 9.72 Å². The molecule has 118 valence electrons. The third kappa shape index (κ3) is 2.57. The monoisotopic (exact) mass is 308 g/mol. The van der Waals surface area contributed by atoms with Crippen molar-refractivity contribution in [3.05, 3.63) is 48.2 Å². The lowest BCUT2D eigenvalue weighted by Crippen LogP contribution is -2.24. The molecule has 0 unspecified atom stereocenters. The first-order chi connectivity index (χ1) is 11.2. The van der Waals surface area contributed by atoms with Crippen molar-refractivity contribution < 1.29 is 4.74 Å². The fraction of sp³-hybridized carbons (Fsp3) is 0.333. The quantitative estimate of drug-likeness (QED) is 0.746. The standard InChI is InChI=1S/C18H20N4O/c1-13-10-17-19-16(14-6-4-3-5-7-14)11-18(22(17)20-13)21-9-8-15(12-21)23-2/h3-7,10-11,15H,8-9,12H2,1-2H3/t15-/m1/s1. The van der Waals surface area contributed by atoms with Crippen LogP contribution in [0, 0.1) is 6.92 Å². The van der Waals surface area contributed by atoms with E-state index in [9.17, 15) is 0 Å². The van der Waals surface area contributed by atoms with Crippen molar-refractivity contribution in [2.24, 2.45) is 0 Å². The smallest absolute Gasteiger partial charge is 0.158 e. The van der Waals surface area contributed by atoms with Crippen LogP contribution in [0.25, 0.3) is 16.9 Å². The summed E-state index contributed by atoms with van der Waals surface area (Å²) in [6.45, 7) is 3.87. The highest BCUT2D eigenvalue weighted by molar-refractivity contribution is 5.67. The summed E-state index contributed by atoms with van der Waals surface area (Å²) in [4.78, 5) is 7.12. The largest absolute Gasteiger partial charge is 0.380 e. The molecule has 3 heterocycles. The number of hydrogen-bond acceptors (Lipinski definition) is 4. The van der Waals surface area contributed by atoms with Crippen molar-refractivity contribution >= 4 is 11.5 Å². The van der Waals surface area contributed by atoms with Gasteiger partial charge in [-0.25, -0.2) is 4.98 Å². The van der Waals surface area contributed by atoms with Crippen molar-refractivity contribution in [1.82, 2.24) is 14.6 Å². The maximum absolute atomic E-state index is 5.51. The van der Waals surface area contributed by atoms with E-state index in [-0.39, 0.29) is 6.10 Å². The molecule has 0 N–H and O–H groups in total. The molecule has 0 aliphatic carbocycles. The normalized spacial score (nSPS) is 18.0. The van der Waals surface area contributed by atoms with Gasteiger partial charge in [-0.15, -0.1) is 0 Å². The van der Waals surface area contributed by atoms with Crippen LogP contribution in [0.15, 0.2) is 42.5 Å². The second-order valence-electron chi connectivity index (χ2n) is 6.01. The number of fused-ring (bicyclic) bond motifs is 1. The highest BCUT2D eigenvalue weighted by Crippen LogP contribution is 2.27. The van der Waals surface area contributed by atoms with Crippen LogP contribution in [0.1, 0.15) is 12.1 Å². The molecule has 0 saturated carbocycles. The molecule has 0 spiro atoms. The fourth-order valence-corrected chi connectivity index (χ4v) is 3.18.